The quantitative estimate of drug-likeness (QED) is 0.677. The molecule has 7 nitrogen and oxygen atoms in total. The molecule has 25 heavy (non-hydrogen) atoms. The Bertz CT molecular complexity index is 764. The first-order valence-electron chi connectivity index (χ1n) is 8.58. The summed E-state index contributed by atoms with van der Waals surface area (Å²) in [7, 11) is -1.45. The minimum atomic E-state index is -3.41. The number of nitrogens with zero attached hydrogens (tertiary/aromatic N) is 4. The molecule has 0 aromatic carbocycles. The maximum atomic E-state index is 12.6. The van der Waals surface area contributed by atoms with Gasteiger partial charge in [-0.1, -0.05) is 19.0 Å². The van der Waals surface area contributed by atoms with Gasteiger partial charge in [-0.25, -0.2) is 13.4 Å². The van der Waals surface area contributed by atoms with Gasteiger partial charge >= 0.3 is 0 Å². The van der Waals surface area contributed by atoms with Crippen molar-refractivity contribution in [1.82, 2.24) is 19.6 Å². The van der Waals surface area contributed by atoms with Gasteiger partial charge in [0.25, 0.3) is 0 Å². The van der Waals surface area contributed by atoms with Crippen LogP contribution >= 0.6 is 0 Å². The minimum Gasteiger partial charge on any atom is -0.364 e. The van der Waals surface area contributed by atoms with Gasteiger partial charge in [-0.05, 0) is 33.2 Å². The van der Waals surface area contributed by atoms with Crippen molar-refractivity contribution >= 4 is 9.84 Å². The zero-order valence-corrected chi connectivity index (χ0v) is 16.5. The summed E-state index contributed by atoms with van der Waals surface area (Å²) in [6.07, 6.45) is 4.12. The minimum absolute atomic E-state index is 0.174. The molecule has 0 N–H and O–H groups in total. The van der Waals surface area contributed by atoms with E-state index < -0.39 is 15.1 Å². The molecule has 0 radical (unpaired) electrons. The van der Waals surface area contributed by atoms with Crippen molar-refractivity contribution in [2.75, 3.05) is 7.05 Å². The predicted molar refractivity (Wildman–Crippen MR) is 95.7 cm³/mol. The maximum absolute atomic E-state index is 12.6. The van der Waals surface area contributed by atoms with Crippen molar-refractivity contribution in [1.29, 1.82) is 0 Å². The molecule has 0 fully saturated rings. The summed E-state index contributed by atoms with van der Waals surface area (Å²) >= 11 is 0. The fraction of sp³-hybridized carbons (Fsp3) is 0.647. The van der Waals surface area contributed by atoms with E-state index in [1.165, 1.54) is 0 Å². The Labute approximate surface area is 149 Å². The van der Waals surface area contributed by atoms with Gasteiger partial charge < -0.3 is 9.09 Å². The van der Waals surface area contributed by atoms with Gasteiger partial charge in [0.15, 0.2) is 0 Å². The average Bonchev–Trinajstić information content (AvgIpc) is 3.14. The van der Waals surface area contributed by atoms with Crippen LogP contribution in [0.2, 0.25) is 0 Å². The molecule has 0 aliphatic carbocycles. The number of hydrogen-bond donors (Lipinski definition) is 0. The van der Waals surface area contributed by atoms with E-state index >= 15 is 0 Å². The Balaban J connectivity index is 2.25. The lowest BCUT2D eigenvalue weighted by molar-refractivity contribution is 0.293. The van der Waals surface area contributed by atoms with E-state index in [0.29, 0.717) is 25.6 Å². The van der Waals surface area contributed by atoms with Crippen molar-refractivity contribution in [3.63, 3.8) is 0 Å². The second-order valence-electron chi connectivity index (χ2n) is 7.12. The number of aromatic nitrogens is 3. The highest BCUT2D eigenvalue weighted by Gasteiger charge is 2.27. The monoisotopic (exact) mass is 368 g/mol. The Morgan fingerprint density at radius 1 is 1.24 bits per heavy atom. The first-order valence-corrected chi connectivity index (χ1v) is 10.1. The van der Waals surface area contributed by atoms with E-state index in [9.17, 15) is 8.42 Å². The fourth-order valence-electron chi connectivity index (χ4n) is 2.51. The third-order valence-corrected chi connectivity index (χ3v) is 6.14. The van der Waals surface area contributed by atoms with E-state index in [1.54, 1.807) is 26.3 Å². The standard InChI is InChI=1S/C17H28N4O3S/c1-13(2)6-8-21-16(10-18-17(21)25(22,23)14(3)4)12-20(5)11-15-7-9-24-19-15/h7,9-10,13-14H,6,8,11-12H2,1-5H3. The van der Waals surface area contributed by atoms with Gasteiger partial charge in [0.05, 0.1) is 22.8 Å². The van der Waals surface area contributed by atoms with Crippen LogP contribution in [-0.4, -0.2) is 40.3 Å². The largest absolute Gasteiger partial charge is 0.364 e. The second kappa shape index (κ2) is 8.14. The van der Waals surface area contributed by atoms with Gasteiger partial charge in [0.1, 0.15) is 6.26 Å². The highest BCUT2D eigenvalue weighted by atomic mass is 32.2. The van der Waals surface area contributed by atoms with Crippen molar-refractivity contribution in [3.05, 3.63) is 29.9 Å². The first-order chi connectivity index (χ1) is 11.7. The Kier molecular flexibility index (Phi) is 6.40. The number of rotatable bonds is 9. The van der Waals surface area contributed by atoms with Crippen LogP contribution < -0.4 is 0 Å². The normalized spacial score (nSPS) is 12.6. The molecule has 0 unspecified atom stereocenters. The van der Waals surface area contributed by atoms with E-state index in [4.69, 9.17) is 4.52 Å². The fourth-order valence-corrected chi connectivity index (χ4v) is 3.65. The van der Waals surface area contributed by atoms with Gasteiger partial charge in [0, 0.05) is 25.7 Å². The van der Waals surface area contributed by atoms with Crippen molar-refractivity contribution < 1.29 is 12.9 Å². The molecular weight excluding hydrogens is 340 g/mol. The smallest absolute Gasteiger partial charge is 0.228 e. The first kappa shape index (κ1) is 19.7. The van der Waals surface area contributed by atoms with E-state index in [2.05, 4.69) is 28.9 Å². The van der Waals surface area contributed by atoms with E-state index in [1.807, 2.05) is 17.7 Å². The number of hydrogen-bond acceptors (Lipinski definition) is 6. The molecule has 8 heteroatoms. The number of imidazole rings is 1. The predicted octanol–water partition coefficient (Wildman–Crippen LogP) is 2.73. The highest BCUT2D eigenvalue weighted by Crippen LogP contribution is 2.20. The number of sulfone groups is 1. The zero-order chi connectivity index (χ0) is 18.6. The molecule has 2 aromatic heterocycles. The molecule has 2 heterocycles. The topological polar surface area (TPSA) is 81.2 Å². The second-order valence-corrected chi connectivity index (χ2v) is 9.52. The Morgan fingerprint density at radius 2 is 1.96 bits per heavy atom. The van der Waals surface area contributed by atoms with Crippen LogP contribution in [0, 0.1) is 5.92 Å². The van der Waals surface area contributed by atoms with Gasteiger partial charge in [-0.15, -0.1) is 0 Å². The van der Waals surface area contributed by atoms with E-state index in [0.717, 1.165) is 17.8 Å². The molecule has 2 rings (SSSR count). The van der Waals surface area contributed by atoms with Crippen LogP contribution in [0.5, 0.6) is 0 Å². The summed E-state index contributed by atoms with van der Waals surface area (Å²) < 4.78 is 32.0. The lowest BCUT2D eigenvalue weighted by Gasteiger charge is -2.19. The third-order valence-electron chi connectivity index (χ3n) is 4.06. The van der Waals surface area contributed by atoms with Crippen molar-refractivity contribution in [2.24, 2.45) is 5.92 Å². The van der Waals surface area contributed by atoms with E-state index in [-0.39, 0.29) is 5.16 Å². The van der Waals surface area contributed by atoms with Crippen LogP contribution in [0.1, 0.15) is 45.5 Å². The Morgan fingerprint density at radius 3 is 2.52 bits per heavy atom. The molecule has 0 bridgehead atoms. The molecule has 0 amide bonds. The molecule has 0 atom stereocenters. The summed E-state index contributed by atoms with van der Waals surface area (Å²) in [6, 6.07) is 1.82. The van der Waals surface area contributed by atoms with Crippen molar-refractivity contribution in [3.8, 4) is 0 Å². The molecule has 0 saturated heterocycles. The maximum Gasteiger partial charge on any atom is 0.228 e. The van der Waals surface area contributed by atoms with Crippen LogP contribution in [-0.2, 0) is 29.5 Å². The molecule has 0 aliphatic rings. The molecular formula is C17H28N4O3S. The lowest BCUT2D eigenvalue weighted by Crippen LogP contribution is -2.23. The van der Waals surface area contributed by atoms with Crippen LogP contribution in [0.15, 0.2) is 28.2 Å². The molecule has 0 spiro atoms. The summed E-state index contributed by atoms with van der Waals surface area (Å²) in [5.41, 5.74) is 1.73. The van der Waals surface area contributed by atoms with Gasteiger partial charge in [-0.3, -0.25) is 4.90 Å². The summed E-state index contributed by atoms with van der Waals surface area (Å²) in [4.78, 5) is 6.31. The summed E-state index contributed by atoms with van der Waals surface area (Å²) in [6.45, 7) is 9.49. The third kappa shape index (κ3) is 4.92. The molecule has 0 saturated carbocycles. The highest BCUT2D eigenvalue weighted by molar-refractivity contribution is 7.91. The van der Waals surface area contributed by atoms with Crippen LogP contribution in [0.3, 0.4) is 0 Å². The molecule has 0 aliphatic heterocycles. The SMILES string of the molecule is CC(C)CCn1c(CN(C)Cc2ccon2)cnc1S(=O)(=O)C(C)C. The van der Waals surface area contributed by atoms with Gasteiger partial charge in [0.2, 0.25) is 15.0 Å². The summed E-state index contributed by atoms with van der Waals surface area (Å²) in [5.74, 6) is 0.484. The lowest BCUT2D eigenvalue weighted by atomic mass is 10.1. The van der Waals surface area contributed by atoms with Gasteiger partial charge in [-0.2, -0.15) is 0 Å². The summed E-state index contributed by atoms with van der Waals surface area (Å²) in [5, 5.41) is 3.59. The van der Waals surface area contributed by atoms with Crippen LogP contribution in [0.4, 0.5) is 0 Å². The zero-order valence-electron chi connectivity index (χ0n) is 15.6. The molecule has 140 valence electrons. The van der Waals surface area contributed by atoms with Crippen LogP contribution in [0.25, 0.3) is 0 Å². The average molecular weight is 369 g/mol. The van der Waals surface area contributed by atoms with Crippen molar-refractivity contribution in [2.45, 2.75) is 64.2 Å². The Hall–Kier alpha value is -1.67. The molecule has 2 aromatic rings.